The average molecular weight is 253 g/mol. The van der Waals surface area contributed by atoms with Gasteiger partial charge in [-0.05, 0) is 38.5 Å². The van der Waals surface area contributed by atoms with E-state index in [-0.39, 0.29) is 12.6 Å². The van der Waals surface area contributed by atoms with E-state index in [0.29, 0.717) is 5.75 Å². The summed E-state index contributed by atoms with van der Waals surface area (Å²) in [5.74, 6) is 0.570. The van der Waals surface area contributed by atoms with E-state index in [2.05, 4.69) is 5.32 Å². The first-order valence-corrected chi connectivity index (χ1v) is 5.84. The normalized spacial score (nSPS) is 12.1. The lowest BCUT2D eigenvalue weighted by molar-refractivity contribution is -0.000310. The molecule has 0 aliphatic carbocycles. The molecule has 0 aromatic heterocycles. The molecule has 0 aliphatic rings. The van der Waals surface area contributed by atoms with Gasteiger partial charge in [-0.1, -0.05) is 12.1 Å². The first-order chi connectivity index (χ1) is 8.47. The van der Waals surface area contributed by atoms with Gasteiger partial charge in [0.2, 0.25) is 0 Å². The summed E-state index contributed by atoms with van der Waals surface area (Å²) in [7, 11) is 0. The maximum absolute atomic E-state index is 11.2. The molecule has 5 nitrogen and oxygen atoms in total. The van der Waals surface area contributed by atoms with Gasteiger partial charge in [-0.15, -0.1) is 0 Å². The van der Waals surface area contributed by atoms with Crippen molar-refractivity contribution in [2.45, 2.75) is 39.7 Å². The van der Waals surface area contributed by atoms with Gasteiger partial charge in [0.25, 0.3) is 0 Å². The SMILES string of the molecule is CC(C)NC(=O)OCc1ccc(OC(C)O)cc1. The van der Waals surface area contributed by atoms with E-state index in [1.807, 2.05) is 13.8 Å². The molecule has 1 atom stereocenters. The Bertz CT molecular complexity index is 373. The van der Waals surface area contributed by atoms with Crippen LogP contribution in [0.2, 0.25) is 0 Å². The highest BCUT2D eigenvalue weighted by atomic mass is 16.6. The fourth-order valence-corrected chi connectivity index (χ4v) is 1.29. The van der Waals surface area contributed by atoms with Crippen LogP contribution in [-0.2, 0) is 11.3 Å². The van der Waals surface area contributed by atoms with Crippen LogP contribution in [0.25, 0.3) is 0 Å². The van der Waals surface area contributed by atoms with Gasteiger partial charge < -0.3 is 19.9 Å². The van der Waals surface area contributed by atoms with Crippen LogP contribution in [0.15, 0.2) is 24.3 Å². The van der Waals surface area contributed by atoms with E-state index in [9.17, 15) is 4.79 Å². The minimum Gasteiger partial charge on any atom is -0.465 e. The molecule has 2 N–H and O–H groups in total. The van der Waals surface area contributed by atoms with E-state index in [4.69, 9.17) is 14.6 Å². The van der Waals surface area contributed by atoms with Crippen LogP contribution in [0.1, 0.15) is 26.3 Å². The third-order valence-electron chi connectivity index (χ3n) is 2.01. The predicted octanol–water partition coefficient (Wildman–Crippen LogP) is 2.04. The summed E-state index contributed by atoms with van der Waals surface area (Å²) in [6.07, 6.45) is -1.28. The fourth-order valence-electron chi connectivity index (χ4n) is 1.29. The van der Waals surface area contributed by atoms with Gasteiger partial charge in [-0.2, -0.15) is 0 Å². The number of nitrogens with one attached hydrogen (secondary N) is 1. The van der Waals surface area contributed by atoms with Crippen molar-refractivity contribution < 1.29 is 19.4 Å². The number of amides is 1. The molecule has 0 saturated carbocycles. The summed E-state index contributed by atoms with van der Waals surface area (Å²) >= 11 is 0. The predicted molar refractivity (Wildman–Crippen MR) is 67.2 cm³/mol. The largest absolute Gasteiger partial charge is 0.465 e. The monoisotopic (exact) mass is 253 g/mol. The lowest BCUT2D eigenvalue weighted by atomic mass is 10.2. The molecule has 5 heteroatoms. The van der Waals surface area contributed by atoms with Crippen molar-refractivity contribution in [1.82, 2.24) is 5.32 Å². The minimum atomic E-state index is -0.844. The van der Waals surface area contributed by atoms with Crippen LogP contribution in [0.4, 0.5) is 4.79 Å². The van der Waals surface area contributed by atoms with E-state index < -0.39 is 12.4 Å². The minimum absolute atomic E-state index is 0.0549. The van der Waals surface area contributed by atoms with Gasteiger partial charge in [-0.25, -0.2) is 4.79 Å². The molecule has 18 heavy (non-hydrogen) atoms. The van der Waals surface area contributed by atoms with E-state index in [0.717, 1.165) is 5.56 Å². The van der Waals surface area contributed by atoms with Crippen LogP contribution >= 0.6 is 0 Å². The van der Waals surface area contributed by atoms with Gasteiger partial charge in [0.15, 0.2) is 6.29 Å². The highest BCUT2D eigenvalue weighted by Gasteiger charge is 2.04. The van der Waals surface area contributed by atoms with Crippen molar-refractivity contribution >= 4 is 6.09 Å². The summed E-state index contributed by atoms with van der Waals surface area (Å²) in [5, 5.41) is 11.7. The number of carbonyl (C=O) groups excluding carboxylic acids is 1. The lowest BCUT2D eigenvalue weighted by Gasteiger charge is -2.11. The van der Waals surface area contributed by atoms with Crippen molar-refractivity contribution in [2.75, 3.05) is 0 Å². The van der Waals surface area contributed by atoms with Crippen molar-refractivity contribution in [3.63, 3.8) is 0 Å². The number of aliphatic hydroxyl groups excluding tert-OH is 1. The number of carbonyl (C=O) groups is 1. The quantitative estimate of drug-likeness (QED) is 0.788. The molecule has 0 aliphatic heterocycles. The molecule has 0 fully saturated rings. The molecule has 0 heterocycles. The average Bonchev–Trinajstić information content (AvgIpc) is 2.26. The van der Waals surface area contributed by atoms with Crippen LogP contribution in [0.5, 0.6) is 5.75 Å². The maximum atomic E-state index is 11.2. The fraction of sp³-hybridized carbons (Fsp3) is 0.462. The Balaban J connectivity index is 2.41. The van der Waals surface area contributed by atoms with Crippen LogP contribution in [0.3, 0.4) is 0 Å². The third kappa shape index (κ3) is 5.54. The first kappa shape index (κ1) is 14.3. The van der Waals surface area contributed by atoms with Crippen LogP contribution < -0.4 is 10.1 Å². The lowest BCUT2D eigenvalue weighted by Crippen LogP contribution is -2.30. The highest BCUT2D eigenvalue weighted by molar-refractivity contribution is 5.67. The van der Waals surface area contributed by atoms with E-state index in [1.54, 1.807) is 24.3 Å². The molecule has 0 radical (unpaired) electrons. The van der Waals surface area contributed by atoms with Gasteiger partial charge in [0.05, 0.1) is 0 Å². The topological polar surface area (TPSA) is 67.8 Å². The Morgan fingerprint density at radius 3 is 2.39 bits per heavy atom. The standard InChI is InChI=1S/C13H19NO4/c1-9(2)14-13(16)17-8-11-4-6-12(7-5-11)18-10(3)15/h4-7,9-10,15H,8H2,1-3H3,(H,14,16). The zero-order valence-corrected chi connectivity index (χ0v) is 10.8. The highest BCUT2D eigenvalue weighted by Crippen LogP contribution is 2.13. The summed E-state index contributed by atoms with van der Waals surface area (Å²) in [6, 6.07) is 7.04. The molecular formula is C13H19NO4. The zero-order chi connectivity index (χ0) is 13.5. The van der Waals surface area contributed by atoms with Crippen LogP contribution in [-0.4, -0.2) is 23.5 Å². The van der Waals surface area contributed by atoms with Gasteiger partial charge in [-0.3, -0.25) is 0 Å². The number of aliphatic hydroxyl groups is 1. The molecule has 1 aromatic rings. The van der Waals surface area contributed by atoms with Gasteiger partial charge in [0.1, 0.15) is 12.4 Å². The smallest absolute Gasteiger partial charge is 0.407 e. The summed E-state index contributed by atoms with van der Waals surface area (Å²) < 4.78 is 10.1. The number of hydrogen-bond acceptors (Lipinski definition) is 4. The second kappa shape index (κ2) is 6.86. The van der Waals surface area contributed by atoms with Crippen molar-refractivity contribution in [2.24, 2.45) is 0 Å². The van der Waals surface area contributed by atoms with Crippen molar-refractivity contribution in [1.29, 1.82) is 0 Å². The Kier molecular flexibility index (Phi) is 5.45. The molecule has 1 rings (SSSR count). The second-order valence-electron chi connectivity index (χ2n) is 4.24. The molecule has 1 unspecified atom stereocenters. The molecule has 1 amide bonds. The Morgan fingerprint density at radius 1 is 1.28 bits per heavy atom. The molecule has 0 spiro atoms. The number of benzene rings is 1. The second-order valence-corrected chi connectivity index (χ2v) is 4.24. The molecule has 0 bridgehead atoms. The Hall–Kier alpha value is -1.75. The summed E-state index contributed by atoms with van der Waals surface area (Å²) in [6.45, 7) is 5.47. The molecular weight excluding hydrogens is 234 g/mol. The summed E-state index contributed by atoms with van der Waals surface area (Å²) in [4.78, 5) is 11.2. The van der Waals surface area contributed by atoms with Gasteiger partial charge >= 0.3 is 6.09 Å². The number of hydrogen-bond donors (Lipinski definition) is 2. The number of rotatable bonds is 5. The molecule has 1 aromatic carbocycles. The Labute approximate surface area is 107 Å². The molecule has 0 saturated heterocycles. The van der Waals surface area contributed by atoms with E-state index >= 15 is 0 Å². The Morgan fingerprint density at radius 2 is 1.89 bits per heavy atom. The third-order valence-corrected chi connectivity index (χ3v) is 2.01. The van der Waals surface area contributed by atoms with Gasteiger partial charge in [0, 0.05) is 6.04 Å². The van der Waals surface area contributed by atoms with E-state index in [1.165, 1.54) is 6.92 Å². The molecule has 100 valence electrons. The maximum Gasteiger partial charge on any atom is 0.407 e. The zero-order valence-electron chi connectivity index (χ0n) is 10.8. The number of ether oxygens (including phenoxy) is 2. The van der Waals surface area contributed by atoms with Crippen molar-refractivity contribution in [3.8, 4) is 5.75 Å². The number of alkyl carbamates (subject to hydrolysis) is 1. The first-order valence-electron chi connectivity index (χ1n) is 5.84. The summed E-state index contributed by atoms with van der Waals surface area (Å²) in [5.41, 5.74) is 0.854. The van der Waals surface area contributed by atoms with Crippen LogP contribution in [0, 0.1) is 0 Å². The van der Waals surface area contributed by atoms with Crippen molar-refractivity contribution in [3.05, 3.63) is 29.8 Å².